The lowest BCUT2D eigenvalue weighted by molar-refractivity contribution is -0.273. The molecule has 0 saturated heterocycles. The lowest BCUT2D eigenvalue weighted by atomic mass is 10.3. The number of unbranched alkanes of at least 4 members (excludes halogenated alkanes) is 1. The molecule has 0 aromatic carbocycles. The molecule has 0 aromatic rings. The van der Waals surface area contributed by atoms with Crippen LogP contribution in [-0.2, 0) is 0 Å². The maximum atomic E-state index is 10.4. The van der Waals surface area contributed by atoms with Crippen molar-refractivity contribution in [3.8, 4) is 0 Å². The van der Waals surface area contributed by atoms with Gasteiger partial charge in [-0.3, -0.25) is 10.8 Å². The second-order valence-corrected chi connectivity index (χ2v) is 4.08. The maximum Gasteiger partial charge on any atom is 0.0181 e. The summed E-state index contributed by atoms with van der Waals surface area (Å²) in [4.78, 5) is 0. The Bertz CT molecular complexity index is 174. The van der Waals surface area contributed by atoms with Crippen molar-refractivity contribution < 1.29 is 5.21 Å². The van der Waals surface area contributed by atoms with E-state index in [1.54, 1.807) is 5.01 Å². The summed E-state index contributed by atoms with van der Waals surface area (Å²) >= 11 is 0. The highest BCUT2D eigenvalue weighted by Gasteiger charge is 2.08. The highest BCUT2D eigenvalue weighted by molar-refractivity contribution is 4.55. The second kappa shape index (κ2) is 13.1. The fourth-order valence-corrected chi connectivity index (χ4v) is 1.53. The van der Waals surface area contributed by atoms with Gasteiger partial charge in [0, 0.05) is 13.1 Å². The van der Waals surface area contributed by atoms with Crippen LogP contribution in [0.1, 0.15) is 25.7 Å². The summed E-state index contributed by atoms with van der Waals surface area (Å²) in [5.41, 5.74) is 12.2. The summed E-state index contributed by atoms with van der Waals surface area (Å²) in [6, 6.07) is 0. The Morgan fingerprint density at radius 3 is 2.17 bits per heavy atom. The zero-order valence-electron chi connectivity index (χ0n) is 11.0. The van der Waals surface area contributed by atoms with Crippen LogP contribution in [0.4, 0.5) is 0 Å². The third-order valence-electron chi connectivity index (χ3n) is 2.55. The van der Waals surface area contributed by atoms with E-state index in [0.717, 1.165) is 38.8 Å². The number of hydrogen-bond acceptors (Lipinski definition) is 8. The molecule has 0 amide bonds. The number of rotatable bonds is 13. The van der Waals surface area contributed by atoms with E-state index in [9.17, 15) is 10.4 Å². The number of hydrazine groups is 2. The number of nitrogens with one attached hydrogen (secondary N) is 2. The van der Waals surface area contributed by atoms with E-state index in [2.05, 4.69) is 5.32 Å². The minimum absolute atomic E-state index is 0.484. The minimum atomic E-state index is 0.484. The molecule has 110 valence electrons. The van der Waals surface area contributed by atoms with Crippen molar-refractivity contribution in [2.75, 3.05) is 39.3 Å². The van der Waals surface area contributed by atoms with Crippen LogP contribution in [0.15, 0.2) is 0 Å². The maximum absolute atomic E-state index is 10.4. The van der Waals surface area contributed by atoms with Crippen LogP contribution in [0, 0.1) is 5.21 Å². The minimum Gasteiger partial charge on any atom is -0.772 e. The molecule has 0 unspecified atom stereocenters. The van der Waals surface area contributed by atoms with Gasteiger partial charge in [0.1, 0.15) is 0 Å². The molecule has 0 saturated carbocycles. The van der Waals surface area contributed by atoms with E-state index in [1.165, 1.54) is 5.59 Å². The Balaban J connectivity index is 3.56. The van der Waals surface area contributed by atoms with Crippen LogP contribution in [0.3, 0.4) is 0 Å². The first-order valence-electron chi connectivity index (χ1n) is 6.48. The van der Waals surface area contributed by atoms with Gasteiger partial charge in [-0.25, -0.2) is 5.01 Å². The fourth-order valence-electron chi connectivity index (χ4n) is 1.53. The summed E-state index contributed by atoms with van der Waals surface area (Å²) in [6.07, 6.45) is 3.58. The Kier molecular flexibility index (Phi) is 12.9. The summed E-state index contributed by atoms with van der Waals surface area (Å²) in [7, 11) is 0. The Labute approximate surface area is 109 Å². The number of nitrogens with zero attached hydrogens (tertiary/aromatic N) is 2. The topological polar surface area (TPSA) is 126 Å². The summed E-state index contributed by atoms with van der Waals surface area (Å²) in [5, 5.41) is 25.0. The van der Waals surface area contributed by atoms with E-state index in [-0.39, 0.29) is 0 Å². The molecule has 0 aliphatic rings. The van der Waals surface area contributed by atoms with Crippen molar-refractivity contribution in [1.82, 2.24) is 21.2 Å². The molecule has 0 spiro atoms. The molecule has 0 aromatic heterocycles. The van der Waals surface area contributed by atoms with Gasteiger partial charge >= 0.3 is 0 Å². The van der Waals surface area contributed by atoms with Gasteiger partial charge in [0.25, 0.3) is 0 Å². The molecule has 8 heteroatoms. The zero-order chi connectivity index (χ0) is 13.6. The van der Waals surface area contributed by atoms with Gasteiger partial charge in [0.05, 0.1) is 0 Å². The molecule has 8 nitrogen and oxygen atoms in total. The third kappa shape index (κ3) is 9.68. The molecule has 0 aliphatic heterocycles. The van der Waals surface area contributed by atoms with Crippen molar-refractivity contribution in [2.45, 2.75) is 25.7 Å². The molecule has 0 radical (unpaired) electrons. The number of hydrogen-bond donors (Lipinski definition) is 5. The van der Waals surface area contributed by atoms with Crippen LogP contribution in [0.5, 0.6) is 0 Å². The van der Waals surface area contributed by atoms with Crippen LogP contribution < -0.4 is 22.4 Å². The first-order chi connectivity index (χ1) is 8.76. The summed E-state index contributed by atoms with van der Waals surface area (Å²) < 4.78 is 0. The van der Waals surface area contributed by atoms with Gasteiger partial charge in [-0.15, -0.1) is 0 Å². The quantitative estimate of drug-likeness (QED) is 0.211. The Hall–Kier alpha value is -0.320. The van der Waals surface area contributed by atoms with Crippen molar-refractivity contribution >= 4 is 0 Å². The van der Waals surface area contributed by atoms with Gasteiger partial charge < -0.3 is 22.0 Å². The molecule has 7 N–H and O–H groups in total. The van der Waals surface area contributed by atoms with Gasteiger partial charge in [-0.05, 0) is 51.9 Å². The van der Waals surface area contributed by atoms with Gasteiger partial charge in [-0.1, -0.05) is 5.28 Å². The largest absolute Gasteiger partial charge is 0.772 e. The molecule has 0 aliphatic carbocycles. The SMILES string of the molecule is NCCCNCCCCN(CCCN)N(O)N[O-]. The van der Waals surface area contributed by atoms with Crippen LogP contribution in [0.2, 0.25) is 0 Å². The second-order valence-electron chi connectivity index (χ2n) is 4.08. The molecule has 0 rings (SSSR count). The monoisotopic (exact) mass is 263 g/mol. The molecular formula is C10H27N6O2-. The van der Waals surface area contributed by atoms with Crippen LogP contribution >= 0.6 is 0 Å². The molecule has 18 heavy (non-hydrogen) atoms. The molecular weight excluding hydrogens is 236 g/mol. The van der Waals surface area contributed by atoms with E-state index < -0.39 is 0 Å². The van der Waals surface area contributed by atoms with Crippen molar-refractivity contribution in [2.24, 2.45) is 11.5 Å². The van der Waals surface area contributed by atoms with E-state index >= 15 is 0 Å². The highest BCUT2D eigenvalue weighted by atomic mass is 16.7. The standard InChI is InChI=1S/C10H27N6O2/c11-5-3-8-13-7-1-2-9-15(10-4-6-12)16(18)14-17/h13-14,18H,1-12H2/q-1. The van der Waals surface area contributed by atoms with E-state index in [4.69, 9.17) is 11.5 Å². The molecule has 0 fully saturated rings. The Morgan fingerprint density at radius 2 is 1.56 bits per heavy atom. The normalized spacial score (nSPS) is 11.7. The average Bonchev–Trinajstić information content (AvgIpc) is 2.40. The third-order valence-corrected chi connectivity index (χ3v) is 2.55. The van der Waals surface area contributed by atoms with Crippen LogP contribution in [0.25, 0.3) is 0 Å². The van der Waals surface area contributed by atoms with Crippen molar-refractivity contribution in [3.05, 3.63) is 5.21 Å². The predicted molar refractivity (Wildman–Crippen MR) is 71.1 cm³/mol. The van der Waals surface area contributed by atoms with Gasteiger partial charge in [-0.2, -0.15) is 0 Å². The zero-order valence-corrected chi connectivity index (χ0v) is 11.0. The Morgan fingerprint density at radius 1 is 0.944 bits per heavy atom. The lowest BCUT2D eigenvalue weighted by Gasteiger charge is -2.32. The van der Waals surface area contributed by atoms with E-state index in [0.29, 0.717) is 31.5 Å². The highest BCUT2D eigenvalue weighted by Crippen LogP contribution is 1.98. The van der Waals surface area contributed by atoms with E-state index in [1.807, 2.05) is 0 Å². The van der Waals surface area contributed by atoms with Gasteiger partial charge in [0.2, 0.25) is 0 Å². The van der Waals surface area contributed by atoms with Crippen molar-refractivity contribution in [3.63, 3.8) is 0 Å². The van der Waals surface area contributed by atoms with Gasteiger partial charge in [0.15, 0.2) is 0 Å². The summed E-state index contributed by atoms with van der Waals surface area (Å²) in [5.74, 6) is 0. The first-order valence-corrected chi connectivity index (χ1v) is 6.48. The smallest absolute Gasteiger partial charge is 0.0181 e. The van der Waals surface area contributed by atoms with Crippen LogP contribution in [-0.4, -0.2) is 54.8 Å². The number of nitrogens with two attached hydrogens (primary N) is 2. The lowest BCUT2D eigenvalue weighted by Crippen LogP contribution is -2.47. The predicted octanol–water partition coefficient (Wildman–Crippen LogP) is -1.04. The first kappa shape index (κ1) is 17.7. The molecule has 0 bridgehead atoms. The fraction of sp³-hybridized carbons (Fsp3) is 1.00. The summed E-state index contributed by atoms with van der Waals surface area (Å²) in [6.45, 7) is 4.26. The van der Waals surface area contributed by atoms with Crippen molar-refractivity contribution in [1.29, 1.82) is 0 Å². The molecule has 0 heterocycles. The molecule has 0 atom stereocenters. The average molecular weight is 263 g/mol.